The fraction of sp³-hybridized carbons (Fsp3) is 0.286. The third-order valence-electron chi connectivity index (χ3n) is 4.27. The van der Waals surface area contributed by atoms with Gasteiger partial charge >= 0.3 is 5.97 Å². The lowest BCUT2D eigenvalue weighted by Gasteiger charge is -2.15. The number of benzene rings is 2. The molecule has 2 rings (SSSR count). The number of ether oxygens (including phenoxy) is 1. The van der Waals surface area contributed by atoms with E-state index in [0.29, 0.717) is 5.69 Å². The first-order valence-electron chi connectivity index (χ1n) is 9.27. The molecule has 0 unspecified atom stereocenters. The largest absolute Gasteiger partial charge is 0.452 e. The fourth-order valence-corrected chi connectivity index (χ4v) is 2.61. The molecular weight excluding hydrogens is 390 g/mol. The van der Waals surface area contributed by atoms with E-state index in [4.69, 9.17) is 4.74 Å². The molecule has 0 bridgehead atoms. The Morgan fingerprint density at radius 2 is 1.77 bits per heavy atom. The Morgan fingerprint density at radius 3 is 2.37 bits per heavy atom. The first-order chi connectivity index (χ1) is 14.2. The molecule has 0 heterocycles. The Balaban J connectivity index is 1.77. The van der Waals surface area contributed by atoms with Crippen LogP contribution in [0.5, 0.6) is 0 Å². The van der Waals surface area contributed by atoms with E-state index in [1.807, 2.05) is 26.0 Å². The molecule has 0 aliphatic carbocycles. The van der Waals surface area contributed by atoms with Crippen molar-refractivity contribution in [3.05, 3.63) is 69.3 Å². The van der Waals surface area contributed by atoms with Gasteiger partial charge < -0.3 is 15.4 Å². The first kappa shape index (κ1) is 22.5. The summed E-state index contributed by atoms with van der Waals surface area (Å²) in [5, 5.41) is 15.9. The number of hydrogen-bond acceptors (Lipinski definition) is 6. The quantitative estimate of drug-likeness (QED) is 0.389. The highest BCUT2D eigenvalue weighted by Gasteiger charge is 2.19. The summed E-state index contributed by atoms with van der Waals surface area (Å²) in [5.74, 6) is -1.56. The number of carbonyl (C=O) groups is 3. The third-order valence-corrected chi connectivity index (χ3v) is 4.27. The summed E-state index contributed by atoms with van der Waals surface area (Å²) in [6.07, 6.45) is -1.12. The van der Waals surface area contributed by atoms with Crippen LogP contribution in [0.15, 0.2) is 42.5 Å². The van der Waals surface area contributed by atoms with E-state index in [0.717, 1.165) is 11.1 Å². The Bertz CT molecular complexity index is 956. The van der Waals surface area contributed by atoms with Gasteiger partial charge in [0.1, 0.15) is 0 Å². The fourth-order valence-electron chi connectivity index (χ4n) is 2.61. The monoisotopic (exact) mass is 413 g/mol. The van der Waals surface area contributed by atoms with Crippen LogP contribution in [0.3, 0.4) is 0 Å². The molecule has 30 heavy (non-hydrogen) atoms. The lowest BCUT2D eigenvalue weighted by molar-refractivity contribution is -0.384. The van der Waals surface area contributed by atoms with Crippen molar-refractivity contribution in [3.8, 4) is 0 Å². The predicted molar refractivity (Wildman–Crippen MR) is 110 cm³/mol. The minimum Gasteiger partial charge on any atom is -0.452 e. The average Bonchev–Trinajstić information content (AvgIpc) is 2.69. The molecule has 2 N–H and O–H groups in total. The van der Waals surface area contributed by atoms with Crippen LogP contribution in [-0.2, 0) is 14.3 Å². The van der Waals surface area contributed by atoms with E-state index in [1.54, 1.807) is 6.07 Å². The molecule has 0 radical (unpaired) electrons. The molecule has 0 aromatic heterocycles. The van der Waals surface area contributed by atoms with Gasteiger partial charge in [-0.05, 0) is 44.5 Å². The topological polar surface area (TPSA) is 128 Å². The number of nitro benzene ring substituents is 1. The highest BCUT2D eigenvalue weighted by molar-refractivity contribution is 5.96. The molecule has 0 saturated carbocycles. The van der Waals surface area contributed by atoms with Crippen molar-refractivity contribution in [2.45, 2.75) is 33.3 Å². The molecule has 0 spiro atoms. The number of aryl methyl sites for hydroxylation is 2. The Morgan fingerprint density at radius 1 is 1.10 bits per heavy atom. The smallest absolute Gasteiger partial charge is 0.308 e. The van der Waals surface area contributed by atoms with Crippen LogP contribution in [0, 0.1) is 24.0 Å². The Hall–Kier alpha value is -3.75. The third kappa shape index (κ3) is 6.40. The number of non-ortho nitro benzene ring substituents is 1. The lowest BCUT2D eigenvalue weighted by Crippen LogP contribution is -2.32. The van der Waals surface area contributed by atoms with Crippen LogP contribution in [0.1, 0.15) is 34.8 Å². The molecule has 0 aliphatic rings. The van der Waals surface area contributed by atoms with Gasteiger partial charge in [0, 0.05) is 29.9 Å². The second-order valence-electron chi connectivity index (χ2n) is 6.75. The summed E-state index contributed by atoms with van der Waals surface area (Å²) >= 11 is 0. The molecular formula is C21H23N3O6. The van der Waals surface area contributed by atoms with Crippen molar-refractivity contribution in [1.29, 1.82) is 0 Å². The highest BCUT2D eigenvalue weighted by atomic mass is 16.6. The molecule has 9 heteroatoms. The molecule has 9 nitrogen and oxygen atoms in total. The van der Waals surface area contributed by atoms with Gasteiger partial charge in [0.05, 0.1) is 11.3 Å². The normalized spacial score (nSPS) is 11.3. The van der Waals surface area contributed by atoms with E-state index < -0.39 is 28.8 Å². The molecule has 0 aliphatic heterocycles. The second kappa shape index (κ2) is 10.1. The van der Waals surface area contributed by atoms with Crippen LogP contribution in [0.2, 0.25) is 0 Å². The molecule has 2 aromatic rings. The zero-order valence-electron chi connectivity index (χ0n) is 16.9. The van der Waals surface area contributed by atoms with Gasteiger partial charge in [-0.25, -0.2) is 0 Å². The zero-order valence-corrected chi connectivity index (χ0v) is 16.9. The van der Waals surface area contributed by atoms with Gasteiger partial charge in [0.2, 0.25) is 0 Å². The van der Waals surface area contributed by atoms with Gasteiger partial charge in [-0.2, -0.15) is 0 Å². The number of carbonyl (C=O) groups excluding carboxylic acids is 3. The first-order valence-corrected chi connectivity index (χ1v) is 9.27. The minimum absolute atomic E-state index is 0.0000630. The van der Waals surface area contributed by atoms with E-state index >= 15 is 0 Å². The maximum absolute atomic E-state index is 12.2. The summed E-state index contributed by atoms with van der Waals surface area (Å²) in [7, 11) is 0. The predicted octanol–water partition coefficient (Wildman–Crippen LogP) is 2.90. The van der Waals surface area contributed by atoms with Crippen LogP contribution in [0.25, 0.3) is 0 Å². The van der Waals surface area contributed by atoms with E-state index in [1.165, 1.54) is 31.2 Å². The van der Waals surface area contributed by atoms with Crippen molar-refractivity contribution < 1.29 is 24.0 Å². The highest BCUT2D eigenvalue weighted by Crippen LogP contribution is 2.16. The summed E-state index contributed by atoms with van der Waals surface area (Å²) in [4.78, 5) is 46.2. The maximum Gasteiger partial charge on any atom is 0.308 e. The molecule has 0 fully saturated rings. The number of nitro groups is 1. The van der Waals surface area contributed by atoms with Crippen molar-refractivity contribution in [1.82, 2.24) is 5.32 Å². The van der Waals surface area contributed by atoms with Crippen LogP contribution < -0.4 is 10.6 Å². The number of anilines is 1. The molecule has 0 saturated heterocycles. The standard InChI is InChI=1S/C21H23N3O6/c1-13-4-9-18(14(2)12-13)23-20(26)15(3)30-19(25)10-11-22-21(27)16-5-7-17(8-6-16)24(28)29/h4-9,12,15H,10-11H2,1-3H3,(H,22,27)(H,23,26)/t15-/m0/s1. The van der Waals surface area contributed by atoms with E-state index in [-0.39, 0.29) is 24.2 Å². The minimum atomic E-state index is -0.997. The molecule has 158 valence electrons. The molecule has 1 atom stereocenters. The molecule has 2 amide bonds. The number of esters is 1. The van der Waals surface area contributed by atoms with Gasteiger partial charge in [-0.3, -0.25) is 24.5 Å². The number of rotatable bonds is 8. The van der Waals surface area contributed by atoms with Crippen LogP contribution in [-0.4, -0.2) is 35.4 Å². The average molecular weight is 413 g/mol. The van der Waals surface area contributed by atoms with E-state index in [2.05, 4.69) is 10.6 Å². The summed E-state index contributed by atoms with van der Waals surface area (Å²) < 4.78 is 5.10. The Kier molecular flexibility index (Phi) is 7.62. The summed E-state index contributed by atoms with van der Waals surface area (Å²) in [6.45, 7) is 5.28. The van der Waals surface area contributed by atoms with Crippen molar-refractivity contribution >= 4 is 29.2 Å². The van der Waals surface area contributed by atoms with Gasteiger partial charge in [0.15, 0.2) is 6.10 Å². The van der Waals surface area contributed by atoms with Gasteiger partial charge in [-0.15, -0.1) is 0 Å². The summed E-state index contributed by atoms with van der Waals surface area (Å²) in [5.41, 5.74) is 2.72. The molecule has 2 aromatic carbocycles. The zero-order chi connectivity index (χ0) is 22.3. The number of hydrogen-bond donors (Lipinski definition) is 2. The second-order valence-corrected chi connectivity index (χ2v) is 6.75. The summed E-state index contributed by atoms with van der Waals surface area (Å²) in [6, 6.07) is 10.7. The maximum atomic E-state index is 12.2. The van der Waals surface area contributed by atoms with Gasteiger partial charge in [-0.1, -0.05) is 17.7 Å². The SMILES string of the molecule is Cc1ccc(NC(=O)[C@H](C)OC(=O)CCNC(=O)c2ccc([N+](=O)[O-])cc2)c(C)c1. The van der Waals surface area contributed by atoms with Gasteiger partial charge in [0.25, 0.3) is 17.5 Å². The van der Waals surface area contributed by atoms with Crippen molar-refractivity contribution in [2.75, 3.05) is 11.9 Å². The van der Waals surface area contributed by atoms with Crippen molar-refractivity contribution in [3.63, 3.8) is 0 Å². The van der Waals surface area contributed by atoms with Crippen LogP contribution >= 0.6 is 0 Å². The number of nitrogens with one attached hydrogen (secondary N) is 2. The Labute approximate surface area is 173 Å². The van der Waals surface area contributed by atoms with Crippen LogP contribution in [0.4, 0.5) is 11.4 Å². The number of nitrogens with zero attached hydrogens (tertiary/aromatic N) is 1. The van der Waals surface area contributed by atoms with E-state index in [9.17, 15) is 24.5 Å². The lowest BCUT2D eigenvalue weighted by atomic mass is 10.1. The number of amides is 2. The van der Waals surface area contributed by atoms with Crippen molar-refractivity contribution in [2.24, 2.45) is 0 Å².